The molecule has 0 atom stereocenters. The molecule has 1 nitrogen and oxygen atoms in total. The molecule has 2 heteroatoms. The van der Waals surface area contributed by atoms with Crippen LogP contribution < -0.4 is 4.90 Å². The van der Waals surface area contributed by atoms with E-state index in [1.807, 2.05) is 0 Å². The van der Waals surface area contributed by atoms with Gasteiger partial charge in [-0.1, -0.05) is 18.9 Å². The van der Waals surface area contributed by atoms with E-state index in [0.29, 0.717) is 0 Å². The molecule has 0 N–H and O–H groups in total. The maximum atomic E-state index is 3.72. The van der Waals surface area contributed by atoms with Crippen molar-refractivity contribution >= 4 is 21.6 Å². The molecule has 1 aromatic carbocycles. The monoisotopic (exact) mass is 281 g/mol. The van der Waals surface area contributed by atoms with Gasteiger partial charge in [-0.15, -0.1) is 0 Å². The summed E-state index contributed by atoms with van der Waals surface area (Å²) in [6, 6.07) is 4.51. The van der Waals surface area contributed by atoms with Gasteiger partial charge in [-0.3, -0.25) is 0 Å². The van der Waals surface area contributed by atoms with Crippen molar-refractivity contribution < 1.29 is 0 Å². The Bertz CT molecular complexity index is 342. The molecule has 0 radical (unpaired) electrons. The third kappa shape index (κ3) is 2.60. The van der Waals surface area contributed by atoms with Crippen LogP contribution in [0.5, 0.6) is 0 Å². The summed E-state index contributed by atoms with van der Waals surface area (Å²) >= 11 is 3.72. The molecule has 1 fully saturated rings. The van der Waals surface area contributed by atoms with E-state index in [-0.39, 0.29) is 0 Å². The standard InChI is InChI=1S/C14H20BrN/c1-11-9-12(2)14(13(15)10-11)16-7-5-3-4-6-8-16/h9-10H,3-8H2,1-2H3. The molecule has 2 rings (SSSR count). The molecule has 0 bridgehead atoms. The Labute approximate surface area is 107 Å². The van der Waals surface area contributed by atoms with E-state index in [9.17, 15) is 0 Å². The molecule has 1 saturated heterocycles. The van der Waals surface area contributed by atoms with Crippen molar-refractivity contribution in [1.29, 1.82) is 0 Å². The summed E-state index contributed by atoms with van der Waals surface area (Å²) in [5.74, 6) is 0. The maximum Gasteiger partial charge on any atom is 0.0540 e. The van der Waals surface area contributed by atoms with E-state index >= 15 is 0 Å². The summed E-state index contributed by atoms with van der Waals surface area (Å²) in [6.45, 7) is 6.80. The normalized spacial score (nSPS) is 17.3. The second kappa shape index (κ2) is 5.22. The zero-order valence-corrected chi connectivity index (χ0v) is 11.8. The van der Waals surface area contributed by atoms with Gasteiger partial charge in [-0.05, 0) is 59.8 Å². The van der Waals surface area contributed by atoms with E-state index in [4.69, 9.17) is 0 Å². The second-order valence-electron chi connectivity index (χ2n) is 4.81. The van der Waals surface area contributed by atoms with Crippen LogP contribution in [0.25, 0.3) is 0 Å². The number of hydrogen-bond donors (Lipinski definition) is 0. The van der Waals surface area contributed by atoms with Crippen LogP contribution in [-0.2, 0) is 0 Å². The van der Waals surface area contributed by atoms with E-state index in [0.717, 1.165) is 0 Å². The van der Waals surface area contributed by atoms with Crippen molar-refractivity contribution in [1.82, 2.24) is 0 Å². The predicted molar refractivity (Wildman–Crippen MR) is 74.3 cm³/mol. The van der Waals surface area contributed by atoms with Crippen LogP contribution in [0.4, 0.5) is 5.69 Å². The Morgan fingerprint density at radius 2 is 1.62 bits per heavy atom. The van der Waals surface area contributed by atoms with Gasteiger partial charge < -0.3 is 4.90 Å². The van der Waals surface area contributed by atoms with Crippen LogP contribution >= 0.6 is 15.9 Å². The minimum absolute atomic E-state index is 1.21. The zero-order chi connectivity index (χ0) is 11.5. The first-order valence-corrected chi connectivity index (χ1v) is 6.99. The molecule has 0 saturated carbocycles. The van der Waals surface area contributed by atoms with E-state index in [1.165, 1.54) is 60.1 Å². The van der Waals surface area contributed by atoms with Crippen LogP contribution in [0.15, 0.2) is 16.6 Å². The quantitative estimate of drug-likeness (QED) is 0.735. The Balaban J connectivity index is 2.31. The van der Waals surface area contributed by atoms with Gasteiger partial charge in [0, 0.05) is 17.6 Å². The maximum absolute atomic E-state index is 3.72. The summed E-state index contributed by atoms with van der Waals surface area (Å²) < 4.78 is 1.26. The van der Waals surface area contributed by atoms with Crippen molar-refractivity contribution in [2.24, 2.45) is 0 Å². The van der Waals surface area contributed by atoms with Gasteiger partial charge in [0.25, 0.3) is 0 Å². The molecule has 1 aliphatic rings. The van der Waals surface area contributed by atoms with Crippen molar-refractivity contribution in [3.05, 3.63) is 27.7 Å². The Morgan fingerprint density at radius 3 is 2.19 bits per heavy atom. The lowest BCUT2D eigenvalue weighted by atomic mass is 10.1. The topological polar surface area (TPSA) is 3.24 Å². The number of hydrogen-bond acceptors (Lipinski definition) is 1. The second-order valence-corrected chi connectivity index (χ2v) is 5.67. The van der Waals surface area contributed by atoms with Gasteiger partial charge in [0.15, 0.2) is 0 Å². The predicted octanol–water partition coefficient (Wildman–Crippen LogP) is 4.45. The minimum Gasteiger partial charge on any atom is -0.370 e. The van der Waals surface area contributed by atoms with Gasteiger partial charge >= 0.3 is 0 Å². The molecule has 1 aromatic rings. The molecule has 16 heavy (non-hydrogen) atoms. The average molecular weight is 282 g/mol. The molecular weight excluding hydrogens is 262 g/mol. The van der Waals surface area contributed by atoms with Crippen molar-refractivity contribution in [2.45, 2.75) is 39.5 Å². The fraction of sp³-hybridized carbons (Fsp3) is 0.571. The number of halogens is 1. The molecule has 88 valence electrons. The average Bonchev–Trinajstić information content (AvgIpc) is 2.44. The SMILES string of the molecule is Cc1cc(C)c(N2CCCCCC2)c(Br)c1. The number of anilines is 1. The largest absolute Gasteiger partial charge is 0.370 e. The lowest BCUT2D eigenvalue weighted by Crippen LogP contribution is -2.25. The molecule has 1 aliphatic heterocycles. The smallest absolute Gasteiger partial charge is 0.0540 e. The Kier molecular flexibility index (Phi) is 3.91. The highest BCUT2D eigenvalue weighted by Crippen LogP contribution is 2.32. The number of benzene rings is 1. The van der Waals surface area contributed by atoms with Crippen LogP contribution in [0.2, 0.25) is 0 Å². The molecule has 0 aromatic heterocycles. The Morgan fingerprint density at radius 1 is 1.00 bits per heavy atom. The van der Waals surface area contributed by atoms with E-state index in [1.54, 1.807) is 0 Å². The van der Waals surface area contributed by atoms with Crippen LogP contribution in [-0.4, -0.2) is 13.1 Å². The van der Waals surface area contributed by atoms with Crippen LogP contribution in [0.3, 0.4) is 0 Å². The highest BCUT2D eigenvalue weighted by molar-refractivity contribution is 9.10. The van der Waals surface area contributed by atoms with Gasteiger partial charge in [0.1, 0.15) is 0 Å². The fourth-order valence-electron chi connectivity index (χ4n) is 2.60. The summed E-state index contributed by atoms with van der Waals surface area (Å²) in [5, 5.41) is 0. The van der Waals surface area contributed by atoms with Crippen molar-refractivity contribution in [3.8, 4) is 0 Å². The lowest BCUT2D eigenvalue weighted by Gasteiger charge is -2.26. The van der Waals surface area contributed by atoms with Crippen molar-refractivity contribution in [2.75, 3.05) is 18.0 Å². The van der Waals surface area contributed by atoms with Crippen LogP contribution in [0.1, 0.15) is 36.8 Å². The fourth-order valence-corrected chi connectivity index (χ4v) is 3.53. The third-order valence-corrected chi connectivity index (χ3v) is 3.93. The molecule has 1 heterocycles. The summed E-state index contributed by atoms with van der Waals surface area (Å²) in [7, 11) is 0. The van der Waals surface area contributed by atoms with Gasteiger partial charge in [-0.25, -0.2) is 0 Å². The highest BCUT2D eigenvalue weighted by atomic mass is 79.9. The number of aryl methyl sites for hydroxylation is 2. The van der Waals surface area contributed by atoms with Crippen LogP contribution in [0, 0.1) is 13.8 Å². The summed E-state index contributed by atoms with van der Waals surface area (Å²) in [6.07, 6.45) is 5.44. The molecule has 0 spiro atoms. The number of nitrogens with zero attached hydrogens (tertiary/aromatic N) is 1. The molecule has 0 amide bonds. The summed E-state index contributed by atoms with van der Waals surface area (Å²) in [5.41, 5.74) is 4.14. The first-order valence-electron chi connectivity index (χ1n) is 6.20. The first-order chi connectivity index (χ1) is 7.68. The van der Waals surface area contributed by atoms with Crippen molar-refractivity contribution in [3.63, 3.8) is 0 Å². The van der Waals surface area contributed by atoms with Gasteiger partial charge in [-0.2, -0.15) is 0 Å². The van der Waals surface area contributed by atoms with Gasteiger partial charge in [0.05, 0.1) is 5.69 Å². The third-order valence-electron chi connectivity index (χ3n) is 3.32. The first kappa shape index (κ1) is 12.0. The highest BCUT2D eigenvalue weighted by Gasteiger charge is 2.14. The molecule has 0 aliphatic carbocycles. The minimum atomic E-state index is 1.21. The molecular formula is C14H20BrN. The van der Waals surface area contributed by atoms with E-state index in [2.05, 4.69) is 46.8 Å². The van der Waals surface area contributed by atoms with E-state index < -0.39 is 0 Å². The zero-order valence-electron chi connectivity index (χ0n) is 10.2. The summed E-state index contributed by atoms with van der Waals surface area (Å²) in [4.78, 5) is 2.55. The number of rotatable bonds is 1. The van der Waals surface area contributed by atoms with Gasteiger partial charge in [0.2, 0.25) is 0 Å². The lowest BCUT2D eigenvalue weighted by molar-refractivity contribution is 0.726. The molecule has 0 unspecified atom stereocenters. The Hall–Kier alpha value is -0.500.